The van der Waals surface area contributed by atoms with E-state index in [0.717, 1.165) is 12.0 Å². The Kier molecular flexibility index (Phi) is 2.71. The Morgan fingerprint density at radius 2 is 2.58 bits per heavy atom. The van der Waals surface area contributed by atoms with Gasteiger partial charge in [-0.3, -0.25) is 0 Å². The van der Waals surface area contributed by atoms with E-state index < -0.39 is 0 Å². The van der Waals surface area contributed by atoms with Gasteiger partial charge in [-0.25, -0.2) is 0 Å². The Morgan fingerprint density at radius 1 is 1.83 bits per heavy atom. The number of nitrogens with two attached hydrogens (primary N) is 1. The van der Waals surface area contributed by atoms with E-state index in [1.165, 1.54) is 6.08 Å². The van der Waals surface area contributed by atoms with Crippen molar-refractivity contribution in [2.45, 2.75) is 13.3 Å². The van der Waals surface area contributed by atoms with Crippen LogP contribution in [-0.2, 0) is 0 Å². The Balaban J connectivity index is 2.83. The number of rotatable bonds is 1. The predicted octanol–water partition coefficient (Wildman–Crippen LogP) is 1.87. The van der Waals surface area contributed by atoms with Crippen molar-refractivity contribution in [2.75, 3.05) is 0 Å². The molecule has 0 bridgehead atoms. The molecule has 0 spiro atoms. The first-order valence-corrected chi connectivity index (χ1v) is 3.98. The Labute approximate surface area is 72.7 Å². The van der Waals surface area contributed by atoms with E-state index in [1.54, 1.807) is 0 Å². The second-order valence-corrected chi connectivity index (χ2v) is 2.97. The van der Waals surface area contributed by atoms with E-state index in [-0.39, 0.29) is 0 Å². The Bertz CT molecular complexity index is 289. The highest BCUT2D eigenvalue weighted by Gasteiger charge is 2.05. The van der Waals surface area contributed by atoms with Crippen molar-refractivity contribution >= 4 is 0 Å². The first-order valence-electron chi connectivity index (χ1n) is 3.98. The van der Waals surface area contributed by atoms with E-state index in [2.05, 4.69) is 19.1 Å². The maximum Gasteiger partial charge on any atom is 0.0933 e. The van der Waals surface area contributed by atoms with Gasteiger partial charge in [0.2, 0.25) is 0 Å². The highest BCUT2D eigenvalue weighted by molar-refractivity contribution is 5.41. The van der Waals surface area contributed by atoms with Crippen LogP contribution in [0.5, 0.6) is 0 Å². The van der Waals surface area contributed by atoms with Gasteiger partial charge < -0.3 is 5.73 Å². The molecule has 1 aliphatic carbocycles. The molecule has 0 fully saturated rings. The quantitative estimate of drug-likeness (QED) is 0.595. The summed E-state index contributed by atoms with van der Waals surface area (Å²) in [5.74, 6) is 0.524. The van der Waals surface area contributed by atoms with Crippen LogP contribution in [0.1, 0.15) is 13.3 Å². The van der Waals surface area contributed by atoms with Gasteiger partial charge >= 0.3 is 0 Å². The Hall–Kier alpha value is -1.49. The van der Waals surface area contributed by atoms with Crippen molar-refractivity contribution in [1.29, 1.82) is 5.26 Å². The summed E-state index contributed by atoms with van der Waals surface area (Å²) < 4.78 is 0. The maximum atomic E-state index is 8.38. The highest BCUT2D eigenvalue weighted by Crippen LogP contribution is 2.18. The molecule has 62 valence electrons. The SMILES string of the molecule is CC1C=C(/C(N)=C/C#N)C=CC1. The van der Waals surface area contributed by atoms with Crippen LogP contribution in [-0.4, -0.2) is 0 Å². The summed E-state index contributed by atoms with van der Waals surface area (Å²) >= 11 is 0. The molecule has 0 radical (unpaired) electrons. The zero-order valence-electron chi connectivity index (χ0n) is 7.12. The molecule has 2 heteroatoms. The first kappa shape index (κ1) is 8.61. The van der Waals surface area contributed by atoms with Crippen LogP contribution in [0.3, 0.4) is 0 Å². The summed E-state index contributed by atoms with van der Waals surface area (Å²) in [6.07, 6.45) is 8.56. The smallest absolute Gasteiger partial charge is 0.0933 e. The summed E-state index contributed by atoms with van der Waals surface area (Å²) in [6.45, 7) is 2.13. The van der Waals surface area contributed by atoms with Crippen molar-refractivity contribution in [2.24, 2.45) is 11.7 Å². The lowest BCUT2D eigenvalue weighted by Gasteiger charge is -2.11. The third-order valence-corrected chi connectivity index (χ3v) is 1.82. The molecule has 1 unspecified atom stereocenters. The number of nitrogens with zero attached hydrogens (tertiary/aromatic N) is 1. The van der Waals surface area contributed by atoms with E-state index in [1.807, 2.05) is 12.1 Å². The van der Waals surface area contributed by atoms with Gasteiger partial charge in [0.15, 0.2) is 0 Å². The molecule has 12 heavy (non-hydrogen) atoms. The van der Waals surface area contributed by atoms with Gasteiger partial charge in [0.1, 0.15) is 0 Å². The molecular weight excluding hydrogens is 148 g/mol. The fraction of sp³-hybridized carbons (Fsp3) is 0.300. The number of hydrogen-bond acceptors (Lipinski definition) is 2. The van der Waals surface area contributed by atoms with Crippen LogP contribution >= 0.6 is 0 Å². The van der Waals surface area contributed by atoms with E-state index in [4.69, 9.17) is 11.0 Å². The lowest BCUT2D eigenvalue weighted by molar-refractivity contribution is 0.730. The van der Waals surface area contributed by atoms with E-state index >= 15 is 0 Å². The molecule has 0 saturated heterocycles. The lowest BCUT2D eigenvalue weighted by Crippen LogP contribution is -2.04. The average molecular weight is 160 g/mol. The largest absolute Gasteiger partial charge is 0.398 e. The number of allylic oxidation sites excluding steroid dienone is 4. The summed E-state index contributed by atoms with van der Waals surface area (Å²) in [7, 11) is 0. The third-order valence-electron chi connectivity index (χ3n) is 1.82. The summed E-state index contributed by atoms with van der Waals surface area (Å²) in [4.78, 5) is 0. The highest BCUT2D eigenvalue weighted by atomic mass is 14.6. The second kappa shape index (κ2) is 3.77. The lowest BCUT2D eigenvalue weighted by atomic mass is 9.96. The summed E-state index contributed by atoms with van der Waals surface area (Å²) in [5.41, 5.74) is 7.16. The standard InChI is InChI=1S/C10H12N2/c1-8-3-2-4-9(7-8)10(12)5-6-11/h2,4-5,7-8H,3,12H2,1H3/b10-5-. The number of hydrogen-bond donors (Lipinski definition) is 1. The third kappa shape index (κ3) is 2.00. The van der Waals surface area contributed by atoms with Gasteiger partial charge in [-0.15, -0.1) is 0 Å². The molecule has 2 N–H and O–H groups in total. The molecular formula is C10H12N2. The van der Waals surface area contributed by atoms with Gasteiger partial charge in [0, 0.05) is 11.8 Å². The molecule has 1 aliphatic rings. The summed E-state index contributed by atoms with van der Waals surface area (Å²) in [6, 6.07) is 1.92. The zero-order valence-corrected chi connectivity index (χ0v) is 7.12. The molecule has 2 nitrogen and oxygen atoms in total. The molecule has 0 saturated carbocycles. The molecule has 0 aromatic carbocycles. The maximum absolute atomic E-state index is 8.38. The van der Waals surface area contributed by atoms with Crippen LogP contribution < -0.4 is 5.73 Å². The van der Waals surface area contributed by atoms with Crippen LogP contribution in [0.15, 0.2) is 35.6 Å². The Morgan fingerprint density at radius 3 is 3.17 bits per heavy atom. The van der Waals surface area contributed by atoms with Crippen LogP contribution in [0.2, 0.25) is 0 Å². The predicted molar refractivity (Wildman–Crippen MR) is 48.9 cm³/mol. The van der Waals surface area contributed by atoms with Crippen molar-refractivity contribution in [1.82, 2.24) is 0 Å². The monoisotopic (exact) mass is 160 g/mol. The van der Waals surface area contributed by atoms with Crippen LogP contribution in [0, 0.1) is 17.2 Å². The minimum Gasteiger partial charge on any atom is -0.398 e. The van der Waals surface area contributed by atoms with E-state index in [0.29, 0.717) is 11.6 Å². The minimum absolute atomic E-state index is 0.524. The fourth-order valence-corrected chi connectivity index (χ4v) is 1.19. The molecule has 0 aromatic heterocycles. The summed E-state index contributed by atoms with van der Waals surface area (Å²) in [5, 5.41) is 8.38. The normalized spacial score (nSPS) is 23.2. The van der Waals surface area contributed by atoms with Crippen molar-refractivity contribution < 1.29 is 0 Å². The van der Waals surface area contributed by atoms with Crippen molar-refractivity contribution in [3.63, 3.8) is 0 Å². The van der Waals surface area contributed by atoms with Gasteiger partial charge in [-0.05, 0) is 17.9 Å². The van der Waals surface area contributed by atoms with Crippen LogP contribution in [0.25, 0.3) is 0 Å². The number of nitriles is 1. The fourth-order valence-electron chi connectivity index (χ4n) is 1.19. The van der Waals surface area contributed by atoms with Crippen molar-refractivity contribution in [3.05, 3.63) is 35.6 Å². The molecule has 1 rings (SSSR count). The van der Waals surface area contributed by atoms with Gasteiger partial charge in [0.05, 0.1) is 6.07 Å². The van der Waals surface area contributed by atoms with Crippen molar-refractivity contribution in [3.8, 4) is 6.07 Å². The molecule has 0 aromatic rings. The average Bonchev–Trinajstić information content (AvgIpc) is 2.05. The molecule has 0 heterocycles. The van der Waals surface area contributed by atoms with Gasteiger partial charge in [-0.2, -0.15) is 5.26 Å². The first-order chi connectivity index (χ1) is 5.74. The topological polar surface area (TPSA) is 49.8 Å². The van der Waals surface area contributed by atoms with Crippen LogP contribution in [0.4, 0.5) is 0 Å². The van der Waals surface area contributed by atoms with Gasteiger partial charge in [0.25, 0.3) is 0 Å². The second-order valence-electron chi connectivity index (χ2n) is 2.97. The molecule has 0 amide bonds. The minimum atomic E-state index is 0.524. The molecule has 0 aliphatic heterocycles. The zero-order chi connectivity index (χ0) is 8.97. The molecule has 1 atom stereocenters. The van der Waals surface area contributed by atoms with E-state index in [9.17, 15) is 0 Å². The van der Waals surface area contributed by atoms with Gasteiger partial charge in [-0.1, -0.05) is 25.2 Å².